The van der Waals surface area contributed by atoms with E-state index in [0.29, 0.717) is 35.4 Å². The molecular weight excluding hydrogens is 458 g/mol. The maximum Gasteiger partial charge on any atom is 0.243 e. The van der Waals surface area contributed by atoms with Crippen LogP contribution in [0, 0.1) is 5.92 Å². The molecule has 1 saturated carbocycles. The summed E-state index contributed by atoms with van der Waals surface area (Å²) in [6.07, 6.45) is 6.15. The van der Waals surface area contributed by atoms with E-state index in [1.54, 1.807) is 27.7 Å². The van der Waals surface area contributed by atoms with Crippen molar-refractivity contribution < 1.29 is 14.2 Å². The van der Waals surface area contributed by atoms with Gasteiger partial charge in [-0.05, 0) is 49.0 Å². The molecule has 4 aromatic rings. The third-order valence-electron chi connectivity index (χ3n) is 5.78. The van der Waals surface area contributed by atoms with Gasteiger partial charge in [-0.3, -0.25) is 0 Å². The first-order chi connectivity index (χ1) is 16.6. The Bertz CT molecular complexity index is 1290. The van der Waals surface area contributed by atoms with Gasteiger partial charge in [-0.15, -0.1) is 5.10 Å². The highest BCUT2D eigenvalue weighted by Gasteiger charge is 2.21. The van der Waals surface area contributed by atoms with Crippen LogP contribution in [-0.2, 0) is 6.54 Å². The highest BCUT2D eigenvalue weighted by Crippen LogP contribution is 2.39. The number of fused-ring (bicyclic) bond motifs is 1. The number of imidazole rings is 1. The maximum atomic E-state index is 6.24. The Hall–Kier alpha value is -3.50. The highest BCUT2D eigenvalue weighted by atomic mass is 35.5. The minimum atomic E-state index is 0.152. The van der Waals surface area contributed by atoms with Gasteiger partial charge in [0.05, 0.1) is 38.9 Å². The van der Waals surface area contributed by atoms with Crippen LogP contribution in [0.1, 0.15) is 18.5 Å². The second-order valence-electron chi connectivity index (χ2n) is 8.10. The number of aromatic nitrogens is 5. The van der Waals surface area contributed by atoms with Crippen LogP contribution < -0.4 is 24.8 Å². The fourth-order valence-corrected chi connectivity index (χ4v) is 4.00. The number of nitrogens with one attached hydrogen (secondary N) is 2. The standard InChI is InChI=1S/C23H26ClN7O3/c1-32-18-8-16(9-19(33-2)21(18)34-3)30-12-20(26-13-30)27-22-17-7-6-15(11-25-10-14-4-5-14)31(17)29-23(24)28-22/h6-9,12-14,25H,4-5,10-11H2,1-3H3,(H,27,28,29). The minimum absolute atomic E-state index is 0.152. The van der Waals surface area contributed by atoms with Crippen molar-refractivity contribution in [2.75, 3.05) is 33.2 Å². The van der Waals surface area contributed by atoms with Gasteiger partial charge < -0.3 is 29.4 Å². The zero-order chi connectivity index (χ0) is 23.7. The summed E-state index contributed by atoms with van der Waals surface area (Å²) in [7, 11) is 4.74. The van der Waals surface area contributed by atoms with Crippen LogP contribution in [0.15, 0.2) is 36.8 Å². The Morgan fingerprint density at radius 2 is 1.85 bits per heavy atom. The average Bonchev–Trinajstić information content (AvgIpc) is 3.40. The quantitative estimate of drug-likeness (QED) is 0.351. The normalized spacial score (nSPS) is 13.3. The third-order valence-corrected chi connectivity index (χ3v) is 5.94. The molecule has 1 aliphatic carbocycles. The molecule has 11 heteroatoms. The van der Waals surface area contributed by atoms with Crippen molar-refractivity contribution in [1.82, 2.24) is 29.5 Å². The Labute approximate surface area is 201 Å². The number of rotatable bonds is 10. The van der Waals surface area contributed by atoms with E-state index >= 15 is 0 Å². The first kappa shape index (κ1) is 22.3. The topological polar surface area (TPSA) is 99.8 Å². The molecule has 0 amide bonds. The molecule has 0 saturated heterocycles. The largest absolute Gasteiger partial charge is 0.493 e. The number of methoxy groups -OCH3 is 3. The Balaban J connectivity index is 1.40. The van der Waals surface area contributed by atoms with Crippen LogP contribution in [0.3, 0.4) is 0 Å². The summed E-state index contributed by atoms with van der Waals surface area (Å²) >= 11 is 6.24. The number of hydrogen-bond donors (Lipinski definition) is 2. The zero-order valence-electron chi connectivity index (χ0n) is 19.2. The summed E-state index contributed by atoms with van der Waals surface area (Å²) in [4.78, 5) is 8.86. The Morgan fingerprint density at radius 1 is 1.09 bits per heavy atom. The zero-order valence-corrected chi connectivity index (χ0v) is 20.0. The van der Waals surface area contributed by atoms with Crippen molar-refractivity contribution in [2.24, 2.45) is 5.92 Å². The lowest BCUT2D eigenvalue weighted by Gasteiger charge is -2.14. The molecule has 0 unspecified atom stereocenters. The van der Waals surface area contributed by atoms with E-state index in [4.69, 9.17) is 25.8 Å². The van der Waals surface area contributed by atoms with Crippen LogP contribution >= 0.6 is 11.6 Å². The van der Waals surface area contributed by atoms with E-state index in [1.165, 1.54) is 12.8 Å². The summed E-state index contributed by atoms with van der Waals surface area (Å²) < 4.78 is 20.0. The van der Waals surface area contributed by atoms with Crippen molar-refractivity contribution in [3.8, 4) is 22.9 Å². The molecule has 1 aliphatic rings. The monoisotopic (exact) mass is 483 g/mol. The molecule has 10 nitrogen and oxygen atoms in total. The van der Waals surface area contributed by atoms with Crippen molar-refractivity contribution in [2.45, 2.75) is 19.4 Å². The molecule has 0 atom stereocenters. The molecular formula is C23H26ClN7O3. The molecule has 1 fully saturated rings. The molecule has 178 valence electrons. The molecule has 34 heavy (non-hydrogen) atoms. The van der Waals surface area contributed by atoms with Crippen LogP contribution in [0.2, 0.25) is 5.28 Å². The lowest BCUT2D eigenvalue weighted by molar-refractivity contribution is 0.324. The predicted octanol–water partition coefficient (Wildman–Crippen LogP) is 3.84. The molecule has 3 heterocycles. The summed E-state index contributed by atoms with van der Waals surface area (Å²) in [5.41, 5.74) is 2.63. The Morgan fingerprint density at radius 3 is 2.53 bits per heavy atom. The molecule has 0 aliphatic heterocycles. The maximum absolute atomic E-state index is 6.24. The fraction of sp³-hybridized carbons (Fsp3) is 0.348. The minimum Gasteiger partial charge on any atom is -0.493 e. The van der Waals surface area contributed by atoms with E-state index < -0.39 is 0 Å². The van der Waals surface area contributed by atoms with Crippen LogP contribution in [0.4, 0.5) is 11.6 Å². The number of benzene rings is 1. The van der Waals surface area contributed by atoms with Gasteiger partial charge in [0.2, 0.25) is 11.0 Å². The number of halogens is 1. The van der Waals surface area contributed by atoms with Gasteiger partial charge in [0.25, 0.3) is 0 Å². The second kappa shape index (κ2) is 9.40. The van der Waals surface area contributed by atoms with Gasteiger partial charge in [-0.25, -0.2) is 9.50 Å². The molecule has 0 spiro atoms. The first-order valence-electron chi connectivity index (χ1n) is 11.0. The van der Waals surface area contributed by atoms with Gasteiger partial charge >= 0.3 is 0 Å². The molecule has 2 N–H and O–H groups in total. The van der Waals surface area contributed by atoms with Gasteiger partial charge in [-0.2, -0.15) is 4.98 Å². The van der Waals surface area contributed by atoms with E-state index in [-0.39, 0.29) is 5.28 Å². The number of hydrogen-bond acceptors (Lipinski definition) is 8. The molecule has 5 rings (SSSR count). The number of ether oxygens (including phenoxy) is 3. The summed E-state index contributed by atoms with van der Waals surface area (Å²) in [5.74, 6) is 3.62. The highest BCUT2D eigenvalue weighted by molar-refractivity contribution is 6.28. The van der Waals surface area contributed by atoms with Gasteiger partial charge in [0.15, 0.2) is 17.3 Å². The van der Waals surface area contributed by atoms with E-state index in [2.05, 4.69) is 25.7 Å². The summed E-state index contributed by atoms with van der Waals surface area (Å²) in [5, 5.41) is 11.3. The number of nitrogens with zero attached hydrogens (tertiary/aromatic N) is 5. The number of anilines is 2. The summed E-state index contributed by atoms with van der Waals surface area (Å²) in [6, 6.07) is 7.70. The van der Waals surface area contributed by atoms with Crippen LogP contribution in [0.5, 0.6) is 17.2 Å². The molecule has 1 aromatic carbocycles. The summed E-state index contributed by atoms with van der Waals surface area (Å²) in [6.45, 7) is 1.74. The second-order valence-corrected chi connectivity index (χ2v) is 8.44. The smallest absolute Gasteiger partial charge is 0.243 e. The van der Waals surface area contributed by atoms with Crippen molar-refractivity contribution in [3.05, 3.63) is 47.8 Å². The van der Waals surface area contributed by atoms with E-state index in [0.717, 1.165) is 29.4 Å². The predicted molar refractivity (Wildman–Crippen MR) is 129 cm³/mol. The molecule has 0 radical (unpaired) electrons. The van der Waals surface area contributed by atoms with Crippen molar-refractivity contribution >= 4 is 28.8 Å². The average molecular weight is 484 g/mol. The van der Waals surface area contributed by atoms with Gasteiger partial charge in [-0.1, -0.05) is 0 Å². The van der Waals surface area contributed by atoms with Crippen LogP contribution in [-0.4, -0.2) is 52.0 Å². The lowest BCUT2D eigenvalue weighted by Crippen LogP contribution is -2.18. The SMILES string of the molecule is COc1cc(-n2cnc(Nc3nc(Cl)nn4c(CNCC5CC5)ccc34)c2)cc(OC)c1OC. The van der Waals surface area contributed by atoms with Gasteiger partial charge in [0.1, 0.15) is 17.7 Å². The Kier molecular flexibility index (Phi) is 6.16. The fourth-order valence-electron chi connectivity index (χ4n) is 3.84. The van der Waals surface area contributed by atoms with Crippen molar-refractivity contribution in [3.63, 3.8) is 0 Å². The third kappa shape index (κ3) is 4.46. The van der Waals surface area contributed by atoms with E-state index in [1.807, 2.05) is 39.5 Å². The first-order valence-corrected chi connectivity index (χ1v) is 11.3. The molecule has 3 aromatic heterocycles. The van der Waals surface area contributed by atoms with Crippen LogP contribution in [0.25, 0.3) is 11.2 Å². The molecule has 0 bridgehead atoms. The van der Waals surface area contributed by atoms with E-state index in [9.17, 15) is 0 Å². The van der Waals surface area contributed by atoms with Crippen molar-refractivity contribution in [1.29, 1.82) is 0 Å². The lowest BCUT2D eigenvalue weighted by atomic mass is 10.2. The van der Waals surface area contributed by atoms with Gasteiger partial charge in [0, 0.05) is 18.7 Å².